The number of benzene rings is 3. The third-order valence-corrected chi connectivity index (χ3v) is 6.97. The van der Waals surface area contributed by atoms with E-state index in [4.69, 9.17) is 0 Å². The average molecular weight is 485 g/mol. The van der Waals surface area contributed by atoms with Crippen LogP contribution in [0, 0.1) is 5.41 Å². The van der Waals surface area contributed by atoms with Crippen molar-refractivity contribution in [1.29, 1.82) is 0 Å². The van der Waals surface area contributed by atoms with Crippen molar-refractivity contribution >= 4 is 29.2 Å². The number of rotatable bonds is 8. The first-order valence-electron chi connectivity index (χ1n) is 12.4. The van der Waals surface area contributed by atoms with Gasteiger partial charge < -0.3 is 10.4 Å². The zero-order valence-corrected chi connectivity index (χ0v) is 21.0. The first-order valence-corrected chi connectivity index (χ1v) is 12.4. The number of Topliss-reactive ketones (excluding diaryl/α,β-unsaturated/α-hetero) is 1. The number of ketones is 1. The van der Waals surface area contributed by atoms with Gasteiger partial charge in [0.15, 0.2) is 5.78 Å². The summed E-state index contributed by atoms with van der Waals surface area (Å²) in [6, 6.07) is 22.7. The van der Waals surface area contributed by atoms with Gasteiger partial charge in [0.2, 0.25) is 0 Å². The lowest BCUT2D eigenvalue weighted by Gasteiger charge is -2.23. The van der Waals surface area contributed by atoms with Crippen molar-refractivity contribution in [1.82, 2.24) is 0 Å². The van der Waals surface area contributed by atoms with Crippen molar-refractivity contribution in [2.75, 3.05) is 10.2 Å². The van der Waals surface area contributed by atoms with Crippen LogP contribution in [0.5, 0.6) is 0 Å². The molecule has 6 nitrogen and oxygen atoms in total. The van der Waals surface area contributed by atoms with Crippen LogP contribution >= 0.6 is 0 Å². The number of urea groups is 1. The lowest BCUT2D eigenvalue weighted by atomic mass is 9.79. The molecule has 3 aromatic rings. The first-order chi connectivity index (χ1) is 17.2. The Bertz CT molecular complexity index is 1270. The number of nitrogens with one attached hydrogen (secondary N) is 1. The first kappa shape index (κ1) is 25.2. The van der Waals surface area contributed by atoms with E-state index in [-0.39, 0.29) is 24.3 Å². The minimum atomic E-state index is -1.06. The molecule has 0 radical (unpaired) electrons. The number of fused-ring (bicyclic) bond motifs is 1. The summed E-state index contributed by atoms with van der Waals surface area (Å²) in [6.07, 6.45) is 1.98. The van der Waals surface area contributed by atoms with Crippen LogP contribution in [0.25, 0.3) is 11.1 Å². The number of amides is 2. The van der Waals surface area contributed by atoms with E-state index < -0.39 is 11.4 Å². The Morgan fingerprint density at radius 3 is 2.19 bits per heavy atom. The Kier molecular flexibility index (Phi) is 7.25. The summed E-state index contributed by atoms with van der Waals surface area (Å²) in [7, 11) is 0. The minimum Gasteiger partial charge on any atom is -0.481 e. The second kappa shape index (κ2) is 10.4. The van der Waals surface area contributed by atoms with Gasteiger partial charge in [-0.15, -0.1) is 0 Å². The molecule has 0 saturated heterocycles. The van der Waals surface area contributed by atoms with E-state index in [0.717, 1.165) is 23.2 Å². The number of carboxylic acids is 1. The summed E-state index contributed by atoms with van der Waals surface area (Å²) in [5, 5.41) is 12.6. The largest absolute Gasteiger partial charge is 0.481 e. The molecule has 0 spiro atoms. The number of para-hydroxylation sites is 1. The van der Waals surface area contributed by atoms with E-state index in [2.05, 4.69) is 11.4 Å². The van der Waals surface area contributed by atoms with E-state index >= 15 is 0 Å². The maximum atomic E-state index is 13.0. The highest BCUT2D eigenvalue weighted by Crippen LogP contribution is 2.33. The number of aliphatic carboxylic acids is 1. The molecule has 2 N–H and O–H groups in total. The Morgan fingerprint density at radius 1 is 0.972 bits per heavy atom. The molecule has 1 aliphatic heterocycles. The molecule has 3 aromatic carbocycles. The van der Waals surface area contributed by atoms with Gasteiger partial charge in [0, 0.05) is 29.4 Å². The second-order valence-corrected chi connectivity index (χ2v) is 9.85. The van der Waals surface area contributed by atoms with Gasteiger partial charge in [-0.1, -0.05) is 67.9 Å². The van der Waals surface area contributed by atoms with Gasteiger partial charge in [-0.05, 0) is 61.6 Å². The van der Waals surface area contributed by atoms with Crippen LogP contribution in [-0.4, -0.2) is 28.9 Å². The summed E-state index contributed by atoms with van der Waals surface area (Å²) >= 11 is 0. The Hall–Kier alpha value is -3.93. The Morgan fingerprint density at radius 2 is 1.58 bits per heavy atom. The molecule has 2 amide bonds. The van der Waals surface area contributed by atoms with Crippen molar-refractivity contribution in [3.8, 4) is 11.1 Å². The van der Waals surface area contributed by atoms with Gasteiger partial charge >= 0.3 is 12.0 Å². The average Bonchev–Trinajstić information content (AvgIpc) is 3.20. The molecule has 186 valence electrons. The molecule has 0 aromatic heterocycles. The van der Waals surface area contributed by atoms with Gasteiger partial charge in [-0.3, -0.25) is 14.5 Å². The summed E-state index contributed by atoms with van der Waals surface area (Å²) in [5.74, 6) is -1.11. The topological polar surface area (TPSA) is 86.7 Å². The van der Waals surface area contributed by atoms with Gasteiger partial charge in [0.25, 0.3) is 0 Å². The number of hydrogen-bond acceptors (Lipinski definition) is 3. The monoisotopic (exact) mass is 484 g/mol. The normalized spacial score (nSPS) is 16.2. The van der Waals surface area contributed by atoms with Crippen LogP contribution in [0.1, 0.15) is 56.0 Å². The zero-order chi connectivity index (χ0) is 25.9. The predicted molar refractivity (Wildman–Crippen MR) is 143 cm³/mol. The van der Waals surface area contributed by atoms with Crippen molar-refractivity contribution in [2.24, 2.45) is 5.41 Å². The fourth-order valence-corrected chi connectivity index (χ4v) is 4.93. The Labute approximate surface area is 212 Å². The third-order valence-electron chi connectivity index (χ3n) is 6.97. The zero-order valence-electron chi connectivity index (χ0n) is 21.0. The van der Waals surface area contributed by atoms with Crippen LogP contribution in [-0.2, 0) is 11.2 Å². The molecular weight excluding hydrogens is 452 g/mol. The Balaban J connectivity index is 1.42. The molecule has 0 bridgehead atoms. The lowest BCUT2D eigenvalue weighted by molar-refractivity contribution is -0.148. The maximum absolute atomic E-state index is 13.0. The smallest absolute Gasteiger partial charge is 0.326 e. The molecule has 36 heavy (non-hydrogen) atoms. The highest BCUT2D eigenvalue weighted by Gasteiger charge is 2.35. The van der Waals surface area contributed by atoms with Crippen molar-refractivity contribution in [3.63, 3.8) is 0 Å². The van der Waals surface area contributed by atoms with Crippen LogP contribution in [0.2, 0.25) is 0 Å². The number of hydrogen-bond donors (Lipinski definition) is 2. The molecule has 2 atom stereocenters. The molecule has 0 saturated carbocycles. The number of carbonyl (C=O) groups is 3. The van der Waals surface area contributed by atoms with Gasteiger partial charge in [-0.25, -0.2) is 4.79 Å². The summed E-state index contributed by atoms with van der Waals surface area (Å²) in [4.78, 5) is 39.2. The van der Waals surface area contributed by atoms with E-state index in [9.17, 15) is 19.5 Å². The molecule has 2 unspecified atom stereocenters. The van der Waals surface area contributed by atoms with Crippen molar-refractivity contribution in [2.45, 2.75) is 52.5 Å². The van der Waals surface area contributed by atoms with Crippen LogP contribution < -0.4 is 10.2 Å². The summed E-state index contributed by atoms with van der Waals surface area (Å²) in [5.41, 5.74) is 4.17. The molecular formula is C30H32N2O4. The van der Waals surface area contributed by atoms with Gasteiger partial charge in [0.05, 0.1) is 5.41 Å². The third kappa shape index (κ3) is 5.18. The van der Waals surface area contributed by atoms with E-state index in [1.165, 1.54) is 5.56 Å². The standard InChI is InChI=1S/C30H32N2O4/c1-4-17-30(3,28(34)35)19-27(33)23-11-9-21(10-12-23)22-13-15-25(16-14-22)31-29(36)32-20(2)18-24-7-5-6-8-26(24)32/h5-16,20H,4,17-19H2,1-3H3,(H,31,36)(H,34,35). The van der Waals surface area contributed by atoms with E-state index in [1.807, 2.05) is 68.4 Å². The SMILES string of the molecule is CCCC(C)(CC(=O)c1ccc(-c2ccc(NC(=O)N3c4ccccc4CC3C)cc2)cc1)C(=O)O. The highest BCUT2D eigenvalue weighted by molar-refractivity contribution is 6.03. The van der Waals surface area contributed by atoms with E-state index in [1.54, 1.807) is 24.0 Å². The van der Waals surface area contributed by atoms with Crippen molar-refractivity contribution in [3.05, 3.63) is 83.9 Å². The number of nitrogens with zero attached hydrogens (tertiary/aromatic N) is 1. The van der Waals surface area contributed by atoms with Crippen LogP contribution in [0.15, 0.2) is 72.8 Å². The fourth-order valence-electron chi connectivity index (χ4n) is 4.93. The molecule has 4 rings (SSSR count). The van der Waals surface area contributed by atoms with Crippen molar-refractivity contribution < 1.29 is 19.5 Å². The lowest BCUT2D eigenvalue weighted by Crippen LogP contribution is -2.39. The summed E-state index contributed by atoms with van der Waals surface area (Å²) in [6.45, 7) is 5.60. The second-order valence-electron chi connectivity index (χ2n) is 9.85. The minimum absolute atomic E-state index is 0.0238. The number of anilines is 2. The number of carboxylic acid groups (broad SMARTS) is 1. The molecule has 1 aliphatic rings. The number of carbonyl (C=O) groups excluding carboxylic acids is 2. The predicted octanol–water partition coefficient (Wildman–Crippen LogP) is 6.80. The van der Waals surface area contributed by atoms with Gasteiger partial charge in [0.1, 0.15) is 0 Å². The van der Waals surface area contributed by atoms with Gasteiger partial charge in [-0.2, -0.15) is 0 Å². The molecule has 0 fully saturated rings. The van der Waals surface area contributed by atoms with Crippen LogP contribution in [0.3, 0.4) is 0 Å². The molecule has 0 aliphatic carbocycles. The summed E-state index contributed by atoms with van der Waals surface area (Å²) < 4.78 is 0. The fraction of sp³-hybridized carbons (Fsp3) is 0.300. The van der Waals surface area contributed by atoms with E-state index in [0.29, 0.717) is 24.1 Å². The molecule has 1 heterocycles. The van der Waals surface area contributed by atoms with Crippen LogP contribution in [0.4, 0.5) is 16.2 Å². The quantitative estimate of drug-likeness (QED) is 0.344. The maximum Gasteiger partial charge on any atom is 0.326 e. The molecule has 6 heteroatoms. The highest BCUT2D eigenvalue weighted by atomic mass is 16.4.